The number of anilines is 2. The maximum absolute atomic E-state index is 11.8. The van der Waals surface area contributed by atoms with Crippen LogP contribution in [-0.4, -0.2) is 35.7 Å². The number of rotatable bonds is 7. The third-order valence-electron chi connectivity index (χ3n) is 2.37. The molecule has 0 radical (unpaired) electrons. The Kier molecular flexibility index (Phi) is 5.34. The lowest BCUT2D eigenvalue weighted by Crippen LogP contribution is -2.24. The van der Waals surface area contributed by atoms with Crippen LogP contribution in [0.4, 0.5) is 11.4 Å². The van der Waals surface area contributed by atoms with Gasteiger partial charge in [0.15, 0.2) is 0 Å². The van der Waals surface area contributed by atoms with E-state index in [1.165, 1.54) is 18.2 Å². The molecule has 0 saturated carbocycles. The Bertz CT molecular complexity index is 670. The normalized spacial score (nSPS) is 12.3. The van der Waals surface area contributed by atoms with Crippen LogP contribution in [0, 0.1) is 0 Å². The number of nitrogens with two attached hydrogens (primary N) is 2. The number of sulfonamides is 2. The number of nitrogen functional groups attached to an aromatic ring is 1. The fraction of sp³-hybridized carbons (Fsp3) is 0.400. The molecule has 1 aromatic carbocycles. The minimum Gasteiger partial charge on any atom is -0.397 e. The minimum absolute atomic E-state index is 0.0355. The van der Waals surface area contributed by atoms with Crippen LogP contribution in [0.3, 0.4) is 0 Å². The number of nitrogens with one attached hydrogen (secondary N) is 2. The van der Waals surface area contributed by atoms with Crippen LogP contribution in [0.5, 0.6) is 0 Å². The van der Waals surface area contributed by atoms with Crippen LogP contribution >= 0.6 is 0 Å². The van der Waals surface area contributed by atoms with Crippen LogP contribution in [0.15, 0.2) is 23.1 Å². The molecule has 0 spiro atoms. The molecule has 0 atom stereocenters. The molecule has 0 aliphatic carbocycles. The summed E-state index contributed by atoms with van der Waals surface area (Å²) in [5.41, 5.74) is 6.35. The first-order chi connectivity index (χ1) is 9.15. The van der Waals surface area contributed by atoms with Crippen molar-refractivity contribution >= 4 is 31.4 Å². The summed E-state index contributed by atoms with van der Waals surface area (Å²) in [5, 5.41) is 7.62. The van der Waals surface area contributed by atoms with Gasteiger partial charge in [0.05, 0.1) is 22.0 Å². The standard InChI is InChI=1S/C10H18N4O4S2/c1-2-14-20(17,18)8-3-4-9(11)10(7-8)13-5-6-19(12,15)16/h3-4,7,13-14H,2,5-6,11H2,1H3,(H2,12,15,16). The van der Waals surface area contributed by atoms with Crippen molar-refractivity contribution in [3.8, 4) is 0 Å². The van der Waals surface area contributed by atoms with E-state index in [1.807, 2.05) is 0 Å². The molecule has 0 bridgehead atoms. The van der Waals surface area contributed by atoms with Crippen molar-refractivity contribution in [2.75, 3.05) is 29.9 Å². The van der Waals surface area contributed by atoms with E-state index in [4.69, 9.17) is 10.9 Å². The van der Waals surface area contributed by atoms with Crippen molar-refractivity contribution in [3.63, 3.8) is 0 Å². The first kappa shape index (κ1) is 16.7. The molecule has 0 unspecified atom stereocenters. The summed E-state index contributed by atoms with van der Waals surface area (Å²) in [6, 6.07) is 4.15. The monoisotopic (exact) mass is 322 g/mol. The Morgan fingerprint density at radius 2 is 1.85 bits per heavy atom. The number of hydrogen-bond donors (Lipinski definition) is 4. The van der Waals surface area contributed by atoms with Gasteiger partial charge in [0, 0.05) is 13.1 Å². The Balaban J connectivity index is 2.93. The second kappa shape index (κ2) is 6.39. The molecule has 20 heavy (non-hydrogen) atoms. The highest BCUT2D eigenvalue weighted by Crippen LogP contribution is 2.22. The van der Waals surface area contributed by atoms with Gasteiger partial charge in [0.25, 0.3) is 0 Å². The van der Waals surface area contributed by atoms with Crippen LogP contribution in [0.1, 0.15) is 6.92 Å². The summed E-state index contributed by atoms with van der Waals surface area (Å²) in [6.45, 7) is 1.97. The Labute approximate surface area is 118 Å². The molecule has 114 valence electrons. The number of primary sulfonamides is 1. The van der Waals surface area contributed by atoms with Crippen molar-refractivity contribution in [1.82, 2.24) is 4.72 Å². The van der Waals surface area contributed by atoms with Crippen molar-refractivity contribution in [2.45, 2.75) is 11.8 Å². The lowest BCUT2D eigenvalue weighted by Gasteiger charge is -2.11. The summed E-state index contributed by atoms with van der Waals surface area (Å²) in [5.74, 6) is -0.281. The Morgan fingerprint density at radius 3 is 2.40 bits per heavy atom. The second-order valence-corrected chi connectivity index (χ2v) is 7.55. The van der Waals surface area contributed by atoms with E-state index in [-0.39, 0.29) is 23.7 Å². The van der Waals surface area contributed by atoms with Gasteiger partial charge in [-0.1, -0.05) is 6.92 Å². The van der Waals surface area contributed by atoms with Gasteiger partial charge in [-0.05, 0) is 18.2 Å². The largest absolute Gasteiger partial charge is 0.397 e. The summed E-state index contributed by atoms with van der Waals surface area (Å²) >= 11 is 0. The molecule has 0 aromatic heterocycles. The third-order valence-corrected chi connectivity index (χ3v) is 4.69. The van der Waals surface area contributed by atoms with E-state index in [9.17, 15) is 16.8 Å². The van der Waals surface area contributed by atoms with Crippen molar-refractivity contribution in [1.29, 1.82) is 0 Å². The predicted octanol–water partition coefficient (Wildman–Crippen LogP) is -0.733. The molecule has 0 aliphatic heterocycles. The lowest BCUT2D eigenvalue weighted by atomic mass is 10.2. The second-order valence-electron chi connectivity index (χ2n) is 4.04. The fourth-order valence-electron chi connectivity index (χ4n) is 1.46. The zero-order valence-electron chi connectivity index (χ0n) is 11.0. The van der Waals surface area contributed by atoms with Gasteiger partial charge in [0.1, 0.15) is 0 Å². The smallest absolute Gasteiger partial charge is 0.240 e. The fourth-order valence-corrected chi connectivity index (χ4v) is 2.91. The van der Waals surface area contributed by atoms with E-state index in [2.05, 4.69) is 10.0 Å². The highest BCUT2D eigenvalue weighted by atomic mass is 32.2. The molecular formula is C10H18N4O4S2. The van der Waals surface area contributed by atoms with Crippen molar-refractivity contribution in [2.24, 2.45) is 5.14 Å². The van der Waals surface area contributed by atoms with Gasteiger partial charge in [-0.2, -0.15) is 0 Å². The minimum atomic E-state index is -3.59. The van der Waals surface area contributed by atoms with E-state index in [0.717, 1.165) is 0 Å². The summed E-state index contributed by atoms with van der Waals surface area (Å²) in [7, 11) is -7.18. The quantitative estimate of drug-likeness (QED) is 0.487. The zero-order chi connectivity index (χ0) is 15.4. The van der Waals surface area contributed by atoms with Gasteiger partial charge >= 0.3 is 0 Å². The van der Waals surface area contributed by atoms with Crippen LogP contribution in [0.25, 0.3) is 0 Å². The molecule has 0 fully saturated rings. The maximum atomic E-state index is 11.8. The summed E-state index contributed by atoms with van der Waals surface area (Å²) < 4.78 is 47.7. The first-order valence-corrected chi connectivity index (χ1v) is 8.99. The molecular weight excluding hydrogens is 304 g/mol. The van der Waals surface area contributed by atoms with Gasteiger partial charge in [0.2, 0.25) is 20.0 Å². The van der Waals surface area contributed by atoms with E-state index >= 15 is 0 Å². The van der Waals surface area contributed by atoms with Crippen molar-refractivity contribution < 1.29 is 16.8 Å². The average Bonchev–Trinajstić information content (AvgIpc) is 2.29. The molecule has 10 heteroatoms. The molecule has 1 rings (SSSR count). The molecule has 6 N–H and O–H groups in total. The third kappa shape index (κ3) is 4.96. The molecule has 1 aromatic rings. The highest BCUT2D eigenvalue weighted by molar-refractivity contribution is 7.89. The number of hydrogen-bond acceptors (Lipinski definition) is 6. The Morgan fingerprint density at radius 1 is 1.20 bits per heavy atom. The molecule has 0 aliphatic rings. The van der Waals surface area contributed by atoms with Crippen LogP contribution < -0.4 is 20.9 Å². The van der Waals surface area contributed by atoms with Crippen molar-refractivity contribution in [3.05, 3.63) is 18.2 Å². The van der Waals surface area contributed by atoms with Gasteiger partial charge in [-0.25, -0.2) is 26.7 Å². The zero-order valence-corrected chi connectivity index (χ0v) is 12.6. The highest BCUT2D eigenvalue weighted by Gasteiger charge is 2.14. The average molecular weight is 322 g/mol. The van der Waals surface area contributed by atoms with Gasteiger partial charge in [-0.15, -0.1) is 0 Å². The first-order valence-electron chi connectivity index (χ1n) is 5.79. The number of benzene rings is 1. The summed E-state index contributed by atoms with van der Waals surface area (Å²) in [6.07, 6.45) is 0. The summed E-state index contributed by atoms with van der Waals surface area (Å²) in [4.78, 5) is 0.0478. The van der Waals surface area contributed by atoms with Gasteiger partial charge < -0.3 is 11.1 Å². The molecule has 0 heterocycles. The maximum Gasteiger partial charge on any atom is 0.240 e. The van der Waals surface area contributed by atoms with Gasteiger partial charge in [-0.3, -0.25) is 0 Å². The molecule has 0 amide bonds. The predicted molar refractivity (Wildman–Crippen MR) is 78.2 cm³/mol. The lowest BCUT2D eigenvalue weighted by molar-refractivity contribution is 0.583. The van der Waals surface area contributed by atoms with E-state index in [1.54, 1.807) is 6.92 Å². The SMILES string of the molecule is CCNS(=O)(=O)c1ccc(N)c(NCCS(N)(=O)=O)c1. The van der Waals surface area contributed by atoms with Crippen LogP contribution in [0.2, 0.25) is 0 Å². The Hall–Kier alpha value is -1.36. The van der Waals surface area contributed by atoms with E-state index in [0.29, 0.717) is 11.4 Å². The molecule has 0 saturated heterocycles. The molecule has 8 nitrogen and oxygen atoms in total. The topological polar surface area (TPSA) is 144 Å². The van der Waals surface area contributed by atoms with E-state index < -0.39 is 20.0 Å². The van der Waals surface area contributed by atoms with Crippen LogP contribution in [-0.2, 0) is 20.0 Å².